The molecular formula is C30H28Cl2F2N2O5S. The average Bonchev–Trinajstić information content (AvgIpc) is 3.56. The zero-order valence-electron chi connectivity index (χ0n) is 23.0. The minimum Gasteiger partial charge on any atom is -0.478 e. The molecule has 6 rings (SSSR count). The van der Waals surface area contributed by atoms with Crippen LogP contribution in [0.4, 0.5) is 8.78 Å². The summed E-state index contributed by atoms with van der Waals surface area (Å²) in [5.41, 5.74) is -2.11. The third-order valence-corrected chi connectivity index (χ3v) is 10.4. The highest BCUT2D eigenvalue weighted by Gasteiger charge is 2.59. The van der Waals surface area contributed by atoms with Gasteiger partial charge in [0, 0.05) is 5.56 Å². The Labute approximate surface area is 254 Å². The van der Waals surface area contributed by atoms with Crippen LogP contribution in [-0.2, 0) is 22.6 Å². The topological polar surface area (TPSA) is 106 Å². The van der Waals surface area contributed by atoms with Gasteiger partial charge in [-0.15, -0.1) is 11.3 Å². The summed E-state index contributed by atoms with van der Waals surface area (Å²) in [6.45, 7) is 4.80. The lowest BCUT2D eigenvalue weighted by atomic mass is 9.72. The van der Waals surface area contributed by atoms with Crippen molar-refractivity contribution < 1.29 is 33.0 Å². The van der Waals surface area contributed by atoms with Crippen LogP contribution in [-0.4, -0.2) is 32.4 Å². The number of nitrogens with zero attached hydrogens (tertiary/aromatic N) is 2. The lowest BCUT2D eigenvalue weighted by Crippen LogP contribution is -2.45. The molecule has 0 radical (unpaired) electrons. The highest BCUT2D eigenvalue weighted by Crippen LogP contribution is 2.59. The van der Waals surface area contributed by atoms with Gasteiger partial charge in [-0.2, -0.15) is 0 Å². The van der Waals surface area contributed by atoms with E-state index in [1.54, 1.807) is 18.2 Å². The average molecular weight is 638 g/mol. The Morgan fingerprint density at radius 1 is 1.24 bits per heavy atom. The molecule has 7 nitrogen and oxygen atoms in total. The number of carboxylic acids is 1. The maximum Gasteiger partial charge on any atom is 0.335 e. The van der Waals surface area contributed by atoms with Gasteiger partial charge in [0.05, 0.1) is 38.6 Å². The molecule has 5 atom stereocenters. The van der Waals surface area contributed by atoms with Crippen molar-refractivity contribution in [1.82, 2.24) is 10.1 Å². The molecule has 2 saturated carbocycles. The molecule has 0 saturated heterocycles. The first kappa shape index (κ1) is 29.4. The Bertz CT molecular complexity index is 1680. The fraction of sp³-hybridized carbons (Fsp3) is 0.433. The SMILES string of the molecule is C[C@H]1C[C@@H]2C[C@@H](OCc3c(-c4c(Cl)cccc4Cl)noc3C(C)(C)F)C[C@H]1[C@]2(O)c1nc2c(F)cc(C(=O)O)cc2s1. The molecule has 2 bridgehead atoms. The maximum atomic E-state index is 15.2. The largest absolute Gasteiger partial charge is 0.478 e. The number of hydrogen-bond acceptors (Lipinski definition) is 7. The molecule has 2 aromatic carbocycles. The van der Waals surface area contributed by atoms with Gasteiger partial charge in [0.2, 0.25) is 0 Å². The molecule has 2 aromatic heterocycles. The van der Waals surface area contributed by atoms with Crippen molar-refractivity contribution in [1.29, 1.82) is 0 Å². The summed E-state index contributed by atoms with van der Waals surface area (Å²) in [5.74, 6) is -2.27. The number of aliphatic hydroxyl groups is 1. The lowest BCUT2D eigenvalue weighted by molar-refractivity contribution is -0.120. The molecule has 2 aliphatic carbocycles. The van der Waals surface area contributed by atoms with Crippen molar-refractivity contribution in [2.24, 2.45) is 17.8 Å². The summed E-state index contributed by atoms with van der Waals surface area (Å²) in [6.07, 6.45) is 1.44. The molecule has 4 aromatic rings. The summed E-state index contributed by atoms with van der Waals surface area (Å²) >= 11 is 14.0. The number of halogens is 4. The van der Waals surface area contributed by atoms with E-state index in [0.29, 0.717) is 49.4 Å². The second kappa shape index (κ2) is 10.5. The molecule has 42 heavy (non-hydrogen) atoms. The minimum absolute atomic E-state index is 0.00962. The summed E-state index contributed by atoms with van der Waals surface area (Å²) in [5, 5.41) is 26.6. The van der Waals surface area contributed by atoms with Crippen molar-refractivity contribution in [3.05, 3.63) is 68.1 Å². The van der Waals surface area contributed by atoms with Crippen molar-refractivity contribution in [2.45, 2.75) is 64.0 Å². The van der Waals surface area contributed by atoms with Crippen molar-refractivity contribution in [2.75, 3.05) is 0 Å². The summed E-state index contributed by atoms with van der Waals surface area (Å²) < 4.78 is 42.1. The molecule has 12 heteroatoms. The van der Waals surface area contributed by atoms with Crippen LogP contribution in [0.5, 0.6) is 0 Å². The molecule has 2 N–H and O–H groups in total. The zero-order chi connectivity index (χ0) is 30.1. The van der Waals surface area contributed by atoms with Gasteiger partial charge < -0.3 is 19.5 Å². The fourth-order valence-corrected chi connectivity index (χ4v) is 8.53. The second-order valence-corrected chi connectivity index (χ2v) is 13.6. The summed E-state index contributed by atoms with van der Waals surface area (Å²) in [4.78, 5) is 15.9. The monoisotopic (exact) mass is 636 g/mol. The van der Waals surface area contributed by atoms with E-state index < -0.39 is 23.1 Å². The highest BCUT2D eigenvalue weighted by atomic mass is 35.5. The first-order chi connectivity index (χ1) is 19.8. The normalized spacial score (nSPS) is 25.8. The van der Waals surface area contributed by atoms with Crippen LogP contribution in [0.15, 0.2) is 34.9 Å². The van der Waals surface area contributed by atoms with Crippen LogP contribution in [0.1, 0.15) is 66.7 Å². The summed E-state index contributed by atoms with van der Waals surface area (Å²) in [6, 6.07) is 7.37. The van der Waals surface area contributed by atoms with Gasteiger partial charge in [-0.3, -0.25) is 0 Å². The van der Waals surface area contributed by atoms with Gasteiger partial charge in [0.15, 0.2) is 17.2 Å². The molecule has 2 heterocycles. The Kier molecular flexibility index (Phi) is 7.37. The van der Waals surface area contributed by atoms with Crippen LogP contribution in [0.25, 0.3) is 21.5 Å². The number of benzene rings is 2. The second-order valence-electron chi connectivity index (χ2n) is 11.8. The summed E-state index contributed by atoms with van der Waals surface area (Å²) in [7, 11) is 0. The van der Waals surface area contributed by atoms with E-state index in [1.807, 2.05) is 0 Å². The number of hydrogen-bond donors (Lipinski definition) is 2. The number of fused-ring (bicyclic) bond motifs is 3. The quantitative estimate of drug-likeness (QED) is 0.211. The van der Waals surface area contributed by atoms with Crippen LogP contribution in [0, 0.1) is 23.6 Å². The number of carbonyl (C=O) groups is 1. The number of aromatic nitrogens is 2. The molecule has 2 aliphatic rings. The molecule has 0 amide bonds. The smallest absolute Gasteiger partial charge is 0.335 e. The van der Waals surface area contributed by atoms with Crippen molar-refractivity contribution in [3.8, 4) is 11.3 Å². The van der Waals surface area contributed by atoms with Gasteiger partial charge >= 0.3 is 5.97 Å². The van der Waals surface area contributed by atoms with Crippen LogP contribution in [0.3, 0.4) is 0 Å². The third kappa shape index (κ3) is 4.81. The highest BCUT2D eigenvalue weighted by molar-refractivity contribution is 7.18. The molecule has 222 valence electrons. The molecular weight excluding hydrogens is 609 g/mol. The van der Waals surface area contributed by atoms with Crippen LogP contribution in [0.2, 0.25) is 10.0 Å². The molecule has 2 fully saturated rings. The molecule has 0 aliphatic heterocycles. The van der Waals surface area contributed by atoms with E-state index in [9.17, 15) is 19.4 Å². The minimum atomic E-state index is -1.85. The Morgan fingerprint density at radius 3 is 2.60 bits per heavy atom. The number of carboxylic acid groups (broad SMARTS) is 1. The van der Waals surface area contributed by atoms with E-state index in [2.05, 4.69) is 17.1 Å². The predicted octanol–water partition coefficient (Wildman–Crippen LogP) is 8.14. The van der Waals surface area contributed by atoms with E-state index >= 15 is 4.39 Å². The third-order valence-electron chi connectivity index (χ3n) is 8.62. The Hall–Kier alpha value is -2.63. The number of rotatable bonds is 7. The van der Waals surface area contributed by atoms with E-state index in [0.717, 1.165) is 23.8 Å². The Balaban J connectivity index is 1.28. The number of thiazole rings is 1. The van der Waals surface area contributed by atoms with Crippen molar-refractivity contribution in [3.63, 3.8) is 0 Å². The van der Waals surface area contributed by atoms with E-state index in [-0.39, 0.29) is 47.3 Å². The fourth-order valence-electron chi connectivity index (χ4n) is 6.70. The molecule has 0 spiro atoms. The van der Waals surface area contributed by atoms with Gasteiger partial charge in [-0.05, 0) is 75.1 Å². The predicted molar refractivity (Wildman–Crippen MR) is 155 cm³/mol. The Morgan fingerprint density at radius 2 is 1.95 bits per heavy atom. The zero-order valence-corrected chi connectivity index (χ0v) is 25.3. The molecule has 0 unspecified atom stereocenters. The van der Waals surface area contributed by atoms with Crippen LogP contribution < -0.4 is 0 Å². The first-order valence-corrected chi connectivity index (χ1v) is 15.2. The van der Waals surface area contributed by atoms with Crippen molar-refractivity contribution >= 4 is 50.7 Å². The van der Waals surface area contributed by atoms with Gasteiger partial charge in [0.25, 0.3) is 0 Å². The number of aromatic carboxylic acids is 1. The lowest BCUT2D eigenvalue weighted by Gasteiger charge is -2.42. The van der Waals surface area contributed by atoms with Gasteiger partial charge in [-0.25, -0.2) is 18.6 Å². The van der Waals surface area contributed by atoms with E-state index in [4.69, 9.17) is 32.5 Å². The number of ether oxygens (including phenoxy) is 1. The maximum absolute atomic E-state index is 15.2. The van der Waals surface area contributed by atoms with E-state index in [1.165, 1.54) is 19.9 Å². The first-order valence-electron chi connectivity index (χ1n) is 13.6. The van der Waals surface area contributed by atoms with Crippen LogP contribution >= 0.6 is 34.5 Å². The standard InChI is InChI=1S/C30H28Cl2F2N2O5S/c1-13-7-15-10-16(11-18(13)30(15,39)28-35-25-21(33)8-14(27(37)38)9-22(25)42-28)40-12-17-24(36-41-26(17)29(2,3)34)23-19(31)5-4-6-20(23)32/h4-6,8-9,13,15-16,18,39H,7,10-12H2,1-3H3,(H,37,38)/t13-,15+,16+,18+,30-/m0/s1. The van der Waals surface area contributed by atoms with Gasteiger partial charge in [-0.1, -0.05) is 41.3 Å². The van der Waals surface area contributed by atoms with Gasteiger partial charge in [0.1, 0.15) is 21.8 Å². The number of alkyl halides is 1.